The van der Waals surface area contributed by atoms with Gasteiger partial charge in [0.25, 0.3) is 0 Å². The van der Waals surface area contributed by atoms with E-state index in [1.54, 1.807) is 13.3 Å². The number of ether oxygens (including phenoxy) is 1. The first-order chi connectivity index (χ1) is 4.43. The maximum Gasteiger partial charge on any atom is 0.0890 e. The van der Waals surface area contributed by atoms with Gasteiger partial charge in [0, 0.05) is 19.4 Å². The lowest BCUT2D eigenvalue weighted by Gasteiger charge is -1.93. The molecule has 0 aromatic carbocycles. The van der Waals surface area contributed by atoms with Crippen LogP contribution in [-0.2, 0) is 11.3 Å². The number of rotatable bonds is 2. The van der Waals surface area contributed by atoms with Gasteiger partial charge in [0.1, 0.15) is 0 Å². The van der Waals surface area contributed by atoms with Crippen LogP contribution >= 0.6 is 0 Å². The topological polar surface area (TPSA) is 22.1 Å². The fourth-order valence-corrected chi connectivity index (χ4v) is 0.573. The first kappa shape index (κ1) is 6.23. The Kier molecular flexibility index (Phi) is 2.22. The highest BCUT2D eigenvalue weighted by Gasteiger charge is 1.87. The van der Waals surface area contributed by atoms with Gasteiger partial charge in [-0.25, -0.2) is 0 Å². The predicted molar refractivity (Wildman–Crippen MR) is 33.8 cm³/mol. The highest BCUT2D eigenvalue weighted by atomic mass is 16.5. The van der Waals surface area contributed by atoms with E-state index in [0.717, 1.165) is 5.69 Å². The van der Waals surface area contributed by atoms with Gasteiger partial charge in [0.05, 0.1) is 12.3 Å². The maximum atomic E-state index is 4.83. The molecule has 1 rings (SSSR count). The molecular weight excluding hydrogens is 114 g/mol. The average molecular weight is 122 g/mol. The zero-order valence-corrected chi connectivity index (χ0v) is 5.29. The van der Waals surface area contributed by atoms with Crippen molar-refractivity contribution in [1.82, 2.24) is 4.98 Å². The normalized spacial score (nSPS) is 9.44. The summed E-state index contributed by atoms with van der Waals surface area (Å²) < 4.78 is 4.83. The first-order valence-corrected chi connectivity index (χ1v) is 2.74. The van der Waals surface area contributed by atoms with Crippen molar-refractivity contribution in [3.63, 3.8) is 0 Å². The molecule has 1 radical (unpaired) electrons. The van der Waals surface area contributed by atoms with Gasteiger partial charge in [-0.05, 0) is 6.07 Å². The highest BCUT2D eigenvalue weighted by Crippen LogP contribution is 1.91. The van der Waals surface area contributed by atoms with Crippen LogP contribution in [0.15, 0.2) is 18.3 Å². The van der Waals surface area contributed by atoms with E-state index in [-0.39, 0.29) is 0 Å². The van der Waals surface area contributed by atoms with E-state index in [1.165, 1.54) is 0 Å². The third-order valence-electron chi connectivity index (χ3n) is 0.944. The van der Waals surface area contributed by atoms with Gasteiger partial charge < -0.3 is 4.74 Å². The van der Waals surface area contributed by atoms with Crippen LogP contribution in [0.25, 0.3) is 0 Å². The van der Waals surface area contributed by atoms with Crippen molar-refractivity contribution < 1.29 is 4.74 Å². The van der Waals surface area contributed by atoms with E-state index in [0.29, 0.717) is 6.61 Å². The number of pyridine rings is 1. The van der Waals surface area contributed by atoms with Crippen LogP contribution in [0.2, 0.25) is 0 Å². The lowest BCUT2D eigenvalue weighted by atomic mass is 10.4. The van der Waals surface area contributed by atoms with Crippen LogP contribution in [0.4, 0.5) is 0 Å². The van der Waals surface area contributed by atoms with Gasteiger partial charge >= 0.3 is 0 Å². The van der Waals surface area contributed by atoms with Crippen molar-refractivity contribution in [3.05, 3.63) is 30.1 Å². The quantitative estimate of drug-likeness (QED) is 0.584. The molecule has 0 bridgehead atoms. The first-order valence-electron chi connectivity index (χ1n) is 2.74. The highest BCUT2D eigenvalue weighted by molar-refractivity contribution is 4.99. The summed E-state index contributed by atoms with van der Waals surface area (Å²) in [4.78, 5) is 3.99. The molecule has 0 aliphatic carbocycles. The number of aromatic nitrogens is 1. The molecule has 0 amide bonds. The molecule has 0 aliphatic rings. The number of hydrogen-bond donors (Lipinski definition) is 0. The molecule has 0 aliphatic heterocycles. The largest absolute Gasteiger partial charge is 0.378 e. The smallest absolute Gasteiger partial charge is 0.0890 e. The molecule has 2 nitrogen and oxygen atoms in total. The molecule has 2 heteroatoms. The molecule has 0 N–H and O–H groups in total. The summed E-state index contributed by atoms with van der Waals surface area (Å²) in [5.74, 6) is 0. The monoisotopic (exact) mass is 122 g/mol. The Balaban J connectivity index is 2.61. The van der Waals surface area contributed by atoms with Crippen LogP contribution in [0.3, 0.4) is 0 Å². The number of hydrogen-bond acceptors (Lipinski definition) is 2. The summed E-state index contributed by atoms with van der Waals surface area (Å²) in [7, 11) is 1.64. The molecule has 0 fully saturated rings. The Morgan fingerprint density at radius 1 is 1.78 bits per heavy atom. The van der Waals surface area contributed by atoms with E-state index >= 15 is 0 Å². The van der Waals surface area contributed by atoms with Crippen molar-refractivity contribution in [2.24, 2.45) is 0 Å². The molecule has 1 aromatic rings. The summed E-state index contributed by atoms with van der Waals surface area (Å²) >= 11 is 0. The average Bonchev–Trinajstić information content (AvgIpc) is 1.91. The van der Waals surface area contributed by atoms with Crippen molar-refractivity contribution in [2.75, 3.05) is 7.11 Å². The van der Waals surface area contributed by atoms with Gasteiger partial charge in [-0.15, -0.1) is 0 Å². The molecule has 9 heavy (non-hydrogen) atoms. The Morgan fingerprint density at radius 3 is 3.22 bits per heavy atom. The molecule has 0 saturated heterocycles. The molecule has 1 aromatic heterocycles. The van der Waals surface area contributed by atoms with Gasteiger partial charge in [0.15, 0.2) is 0 Å². The Morgan fingerprint density at radius 2 is 2.67 bits per heavy atom. The van der Waals surface area contributed by atoms with Crippen molar-refractivity contribution >= 4 is 0 Å². The SMILES string of the molecule is COCc1[c]cccn1. The zero-order valence-electron chi connectivity index (χ0n) is 5.29. The zero-order chi connectivity index (χ0) is 6.53. The summed E-state index contributed by atoms with van der Waals surface area (Å²) in [6, 6.07) is 6.59. The molecule has 0 unspecified atom stereocenters. The van der Waals surface area contributed by atoms with Crippen LogP contribution in [0, 0.1) is 6.07 Å². The minimum atomic E-state index is 0.542. The summed E-state index contributed by atoms with van der Waals surface area (Å²) in [5, 5.41) is 0. The second-order valence-electron chi connectivity index (χ2n) is 1.66. The molecule has 1 heterocycles. The number of methoxy groups -OCH3 is 1. The van der Waals surface area contributed by atoms with Gasteiger partial charge in [0.2, 0.25) is 0 Å². The van der Waals surface area contributed by atoms with Gasteiger partial charge in [-0.1, -0.05) is 6.07 Å². The van der Waals surface area contributed by atoms with E-state index in [1.807, 2.05) is 12.1 Å². The third kappa shape index (κ3) is 1.82. The van der Waals surface area contributed by atoms with E-state index in [4.69, 9.17) is 4.74 Å². The van der Waals surface area contributed by atoms with Crippen molar-refractivity contribution in [3.8, 4) is 0 Å². The minimum absolute atomic E-state index is 0.542. The van der Waals surface area contributed by atoms with Crippen LogP contribution in [0.5, 0.6) is 0 Å². The molecule has 0 spiro atoms. The Bertz CT molecular complexity index is 162. The molecule has 0 saturated carbocycles. The summed E-state index contributed by atoms with van der Waals surface area (Å²) in [6.07, 6.45) is 1.73. The molecular formula is C7H8NO. The fourth-order valence-electron chi connectivity index (χ4n) is 0.573. The lowest BCUT2D eigenvalue weighted by Crippen LogP contribution is -1.89. The minimum Gasteiger partial charge on any atom is -0.378 e. The maximum absolute atomic E-state index is 4.83. The van der Waals surface area contributed by atoms with Crippen LogP contribution < -0.4 is 0 Å². The fraction of sp³-hybridized carbons (Fsp3) is 0.286. The van der Waals surface area contributed by atoms with Gasteiger partial charge in [-0.2, -0.15) is 0 Å². The Labute approximate surface area is 54.5 Å². The van der Waals surface area contributed by atoms with Crippen molar-refractivity contribution in [2.45, 2.75) is 6.61 Å². The van der Waals surface area contributed by atoms with Crippen molar-refractivity contribution in [1.29, 1.82) is 0 Å². The standard InChI is InChI=1S/C7H8NO/c1-9-6-7-4-2-3-5-8-7/h2-3,5H,6H2,1H3. The second kappa shape index (κ2) is 3.20. The van der Waals surface area contributed by atoms with Gasteiger partial charge in [-0.3, -0.25) is 4.98 Å². The predicted octanol–water partition coefficient (Wildman–Crippen LogP) is 1.03. The lowest BCUT2D eigenvalue weighted by molar-refractivity contribution is 0.181. The second-order valence-corrected chi connectivity index (χ2v) is 1.66. The molecule has 0 atom stereocenters. The summed E-state index contributed by atoms with van der Waals surface area (Å²) in [6.45, 7) is 0.542. The number of nitrogens with zero attached hydrogens (tertiary/aromatic N) is 1. The van der Waals surface area contributed by atoms with Crippen LogP contribution in [0.1, 0.15) is 5.69 Å². The van der Waals surface area contributed by atoms with E-state index in [2.05, 4.69) is 11.1 Å². The van der Waals surface area contributed by atoms with E-state index < -0.39 is 0 Å². The van der Waals surface area contributed by atoms with E-state index in [9.17, 15) is 0 Å². The Hall–Kier alpha value is -0.890. The molecule has 47 valence electrons. The third-order valence-corrected chi connectivity index (χ3v) is 0.944. The summed E-state index contributed by atoms with van der Waals surface area (Å²) in [5.41, 5.74) is 0.847. The van der Waals surface area contributed by atoms with Crippen LogP contribution in [-0.4, -0.2) is 12.1 Å².